The maximum Gasteiger partial charge on any atom is 0.123 e. The van der Waals surface area contributed by atoms with Crippen molar-refractivity contribution in [2.75, 3.05) is 14.2 Å². The van der Waals surface area contributed by atoms with Crippen LogP contribution in [0, 0.1) is 5.82 Å². The van der Waals surface area contributed by atoms with Crippen molar-refractivity contribution in [1.82, 2.24) is 5.32 Å². The summed E-state index contributed by atoms with van der Waals surface area (Å²) < 4.78 is 18.8. The predicted octanol–water partition coefficient (Wildman–Crippen LogP) is 2.86. The van der Waals surface area contributed by atoms with Gasteiger partial charge in [0.05, 0.1) is 7.11 Å². The summed E-state index contributed by atoms with van der Waals surface area (Å²) in [5.74, 6) is 0.612. The van der Waals surface area contributed by atoms with E-state index in [0.29, 0.717) is 6.04 Å². The lowest BCUT2D eigenvalue weighted by Gasteiger charge is -2.27. The zero-order valence-electron chi connectivity index (χ0n) is 10.7. The van der Waals surface area contributed by atoms with Crippen LogP contribution >= 0.6 is 0 Å². The number of methoxy groups -OCH3 is 1. The van der Waals surface area contributed by atoms with Gasteiger partial charge in [0.1, 0.15) is 11.6 Å². The van der Waals surface area contributed by atoms with Crippen molar-refractivity contribution in [2.45, 2.75) is 37.6 Å². The van der Waals surface area contributed by atoms with E-state index in [1.165, 1.54) is 6.07 Å². The predicted molar refractivity (Wildman–Crippen MR) is 67.0 cm³/mol. The summed E-state index contributed by atoms with van der Waals surface area (Å²) in [6, 6.07) is 5.32. The Labute approximate surface area is 102 Å². The van der Waals surface area contributed by atoms with Crippen molar-refractivity contribution in [2.24, 2.45) is 0 Å². The minimum absolute atomic E-state index is 0.0150. The third-order valence-corrected chi connectivity index (χ3v) is 3.96. The summed E-state index contributed by atoms with van der Waals surface area (Å²) in [5.41, 5.74) is 1.01. The molecule has 0 spiro atoms. The molecule has 1 aromatic carbocycles. The Bertz CT molecular complexity index is 407. The Morgan fingerprint density at radius 3 is 2.82 bits per heavy atom. The highest BCUT2D eigenvalue weighted by atomic mass is 19.1. The monoisotopic (exact) mass is 237 g/mol. The molecule has 1 fully saturated rings. The van der Waals surface area contributed by atoms with Gasteiger partial charge in [-0.1, -0.05) is 6.92 Å². The molecule has 1 saturated carbocycles. The Kier molecular flexibility index (Phi) is 3.38. The summed E-state index contributed by atoms with van der Waals surface area (Å²) in [5, 5.41) is 3.31. The lowest BCUT2D eigenvalue weighted by Crippen LogP contribution is -2.26. The number of hydrogen-bond acceptors (Lipinski definition) is 2. The van der Waals surface area contributed by atoms with E-state index in [1.54, 1.807) is 19.2 Å². The van der Waals surface area contributed by atoms with Gasteiger partial charge in [0.2, 0.25) is 0 Å². The van der Waals surface area contributed by atoms with E-state index in [9.17, 15) is 4.39 Å². The fourth-order valence-corrected chi connectivity index (χ4v) is 2.88. The van der Waals surface area contributed by atoms with E-state index < -0.39 is 0 Å². The summed E-state index contributed by atoms with van der Waals surface area (Å²) in [6.07, 6.45) is 3.23. The van der Waals surface area contributed by atoms with E-state index in [0.717, 1.165) is 30.6 Å². The van der Waals surface area contributed by atoms with Crippen LogP contribution in [0.15, 0.2) is 18.2 Å². The van der Waals surface area contributed by atoms with Crippen LogP contribution < -0.4 is 10.1 Å². The highest BCUT2D eigenvalue weighted by Gasteiger charge is 2.37. The molecule has 3 heteroatoms. The Morgan fingerprint density at radius 2 is 2.24 bits per heavy atom. The molecule has 2 nitrogen and oxygen atoms in total. The molecular formula is C14H20FNO. The van der Waals surface area contributed by atoms with Gasteiger partial charge in [-0.3, -0.25) is 0 Å². The molecule has 0 radical (unpaired) electrons. The second kappa shape index (κ2) is 4.65. The van der Waals surface area contributed by atoms with Gasteiger partial charge in [-0.15, -0.1) is 0 Å². The van der Waals surface area contributed by atoms with Crippen LogP contribution in [0.3, 0.4) is 0 Å². The normalized spacial score (nSPS) is 28.4. The van der Waals surface area contributed by atoms with Crippen LogP contribution in [-0.2, 0) is 5.41 Å². The molecule has 0 amide bonds. The first kappa shape index (κ1) is 12.4. The molecule has 1 N–H and O–H groups in total. The molecule has 17 heavy (non-hydrogen) atoms. The van der Waals surface area contributed by atoms with Crippen LogP contribution in [-0.4, -0.2) is 20.2 Å². The minimum Gasteiger partial charge on any atom is -0.496 e. The zero-order chi connectivity index (χ0) is 12.5. The van der Waals surface area contributed by atoms with Crippen molar-refractivity contribution in [1.29, 1.82) is 0 Å². The largest absolute Gasteiger partial charge is 0.496 e. The van der Waals surface area contributed by atoms with Crippen molar-refractivity contribution >= 4 is 0 Å². The lowest BCUT2D eigenvalue weighted by molar-refractivity contribution is 0.381. The molecule has 0 saturated heterocycles. The minimum atomic E-state index is -0.185. The van der Waals surface area contributed by atoms with E-state index in [1.807, 2.05) is 7.05 Å². The van der Waals surface area contributed by atoms with E-state index in [2.05, 4.69) is 12.2 Å². The smallest absolute Gasteiger partial charge is 0.123 e. The van der Waals surface area contributed by atoms with Crippen molar-refractivity contribution in [3.8, 4) is 5.75 Å². The number of benzene rings is 1. The lowest BCUT2D eigenvalue weighted by atomic mass is 9.80. The summed E-state index contributed by atoms with van der Waals surface area (Å²) in [7, 11) is 3.63. The second-order valence-electron chi connectivity index (χ2n) is 5.13. The highest BCUT2D eigenvalue weighted by molar-refractivity contribution is 5.40. The van der Waals surface area contributed by atoms with Gasteiger partial charge in [-0.05, 0) is 49.9 Å². The molecule has 2 rings (SSSR count). The average molecular weight is 237 g/mol. The molecule has 1 aliphatic carbocycles. The molecule has 0 heterocycles. The fraction of sp³-hybridized carbons (Fsp3) is 0.571. The number of ether oxygens (including phenoxy) is 1. The Morgan fingerprint density at radius 1 is 1.47 bits per heavy atom. The van der Waals surface area contributed by atoms with Gasteiger partial charge < -0.3 is 10.1 Å². The maximum absolute atomic E-state index is 13.4. The zero-order valence-corrected chi connectivity index (χ0v) is 10.7. The standard InChI is InChI=1S/C14H20FNO/c1-14(7-6-11(9-14)16-2)12-8-10(15)4-5-13(12)17-3/h4-5,8,11,16H,6-7,9H2,1-3H3. The molecule has 1 aromatic rings. The maximum atomic E-state index is 13.4. The first-order valence-corrected chi connectivity index (χ1v) is 6.10. The summed E-state index contributed by atoms with van der Waals surface area (Å²) >= 11 is 0. The van der Waals surface area contributed by atoms with Gasteiger partial charge in [0, 0.05) is 11.6 Å². The highest BCUT2D eigenvalue weighted by Crippen LogP contribution is 2.44. The van der Waals surface area contributed by atoms with Gasteiger partial charge in [-0.25, -0.2) is 4.39 Å². The van der Waals surface area contributed by atoms with Gasteiger partial charge >= 0.3 is 0 Å². The quantitative estimate of drug-likeness (QED) is 0.872. The van der Waals surface area contributed by atoms with Crippen molar-refractivity contribution in [3.05, 3.63) is 29.6 Å². The van der Waals surface area contributed by atoms with E-state index >= 15 is 0 Å². The Balaban J connectivity index is 2.36. The summed E-state index contributed by atoms with van der Waals surface area (Å²) in [4.78, 5) is 0. The molecule has 0 aliphatic heterocycles. The first-order chi connectivity index (χ1) is 8.09. The van der Waals surface area contributed by atoms with Crippen molar-refractivity contribution < 1.29 is 9.13 Å². The van der Waals surface area contributed by atoms with Crippen LogP contribution in [0.25, 0.3) is 0 Å². The number of nitrogens with one attached hydrogen (secondary N) is 1. The fourth-order valence-electron chi connectivity index (χ4n) is 2.88. The SMILES string of the molecule is CNC1CCC(C)(c2cc(F)ccc2OC)C1. The molecular weight excluding hydrogens is 217 g/mol. The van der Waals surface area contributed by atoms with Crippen LogP contribution in [0.1, 0.15) is 31.7 Å². The topological polar surface area (TPSA) is 21.3 Å². The Hall–Kier alpha value is -1.09. The third-order valence-electron chi connectivity index (χ3n) is 3.96. The van der Waals surface area contributed by atoms with Gasteiger partial charge in [0.25, 0.3) is 0 Å². The third kappa shape index (κ3) is 2.29. The van der Waals surface area contributed by atoms with Crippen LogP contribution in [0.2, 0.25) is 0 Å². The van der Waals surface area contributed by atoms with Gasteiger partial charge in [-0.2, -0.15) is 0 Å². The number of rotatable bonds is 3. The molecule has 0 aromatic heterocycles. The average Bonchev–Trinajstić information content (AvgIpc) is 2.72. The van der Waals surface area contributed by atoms with Crippen LogP contribution in [0.5, 0.6) is 5.75 Å². The van der Waals surface area contributed by atoms with Crippen LogP contribution in [0.4, 0.5) is 4.39 Å². The van der Waals surface area contributed by atoms with Crippen molar-refractivity contribution in [3.63, 3.8) is 0 Å². The molecule has 0 bridgehead atoms. The molecule has 2 atom stereocenters. The second-order valence-corrected chi connectivity index (χ2v) is 5.13. The summed E-state index contributed by atoms with van der Waals surface area (Å²) in [6.45, 7) is 2.20. The van der Waals surface area contributed by atoms with E-state index in [4.69, 9.17) is 4.74 Å². The molecule has 2 unspecified atom stereocenters. The number of halogens is 1. The van der Waals surface area contributed by atoms with E-state index in [-0.39, 0.29) is 11.2 Å². The molecule has 94 valence electrons. The number of hydrogen-bond donors (Lipinski definition) is 1. The molecule has 1 aliphatic rings. The first-order valence-electron chi connectivity index (χ1n) is 6.10. The van der Waals surface area contributed by atoms with Gasteiger partial charge in [0.15, 0.2) is 0 Å².